The lowest BCUT2D eigenvalue weighted by molar-refractivity contribution is -0.112. The second-order valence-electron chi connectivity index (χ2n) is 9.14. The maximum absolute atomic E-state index is 13.6. The van der Waals surface area contributed by atoms with Crippen molar-refractivity contribution in [3.8, 4) is 5.75 Å². The highest BCUT2D eigenvalue weighted by molar-refractivity contribution is 7.92. The Kier molecular flexibility index (Phi) is 6.67. The second kappa shape index (κ2) is 10.1. The fourth-order valence-electron chi connectivity index (χ4n) is 4.22. The Balaban J connectivity index is 1.42. The molecule has 2 amide bonds. The lowest BCUT2D eigenvalue weighted by Gasteiger charge is -2.29. The van der Waals surface area contributed by atoms with Gasteiger partial charge in [-0.1, -0.05) is 24.3 Å². The molecule has 8 nitrogen and oxygen atoms in total. The highest BCUT2D eigenvalue weighted by Gasteiger charge is 2.36. The first-order valence-electron chi connectivity index (χ1n) is 12.1. The number of aryl methyl sites for hydroxylation is 2. The van der Waals surface area contributed by atoms with E-state index in [4.69, 9.17) is 0 Å². The first-order chi connectivity index (χ1) is 18.6. The Morgan fingerprint density at radius 1 is 0.744 bits per heavy atom. The molecule has 4 aromatic rings. The number of nitrogens with zero attached hydrogens (tertiary/aromatic N) is 1. The zero-order valence-electron chi connectivity index (χ0n) is 21.2. The van der Waals surface area contributed by atoms with Crippen molar-refractivity contribution < 1.29 is 23.1 Å². The number of hydrogen-bond donors (Lipinski definition) is 3. The van der Waals surface area contributed by atoms with Crippen LogP contribution in [0.4, 0.5) is 17.1 Å². The predicted octanol–water partition coefficient (Wildman–Crippen LogP) is 5.45. The number of imide groups is 1. The molecule has 0 fully saturated rings. The number of anilines is 3. The molecule has 1 aliphatic heterocycles. The van der Waals surface area contributed by atoms with Gasteiger partial charge in [0, 0.05) is 28.7 Å². The maximum atomic E-state index is 13.6. The molecule has 196 valence electrons. The van der Waals surface area contributed by atoms with Gasteiger partial charge in [0.2, 0.25) is 0 Å². The van der Waals surface area contributed by atoms with E-state index in [2.05, 4.69) is 10.0 Å². The number of hydrogen-bond acceptors (Lipinski definition) is 6. The predicted molar refractivity (Wildman–Crippen MR) is 151 cm³/mol. The molecule has 9 heteroatoms. The molecule has 1 heterocycles. The van der Waals surface area contributed by atoms with Crippen molar-refractivity contribution in [3.05, 3.63) is 119 Å². The maximum Gasteiger partial charge on any atom is 0.267 e. The standard InChI is InChI=1S/C30H25N3O5S/c1-19-7-12-23(17-20(19)2)33-29(35)27-6-4-3-5-26(27)28(30(33)36)18-31-21-10-15-25(16-11-21)39(37,38)32-22-8-13-24(34)14-9-22/h3-18,31-32,34H,1-2H3. The first kappa shape index (κ1) is 25.7. The van der Waals surface area contributed by atoms with Gasteiger partial charge in [0.05, 0.1) is 16.2 Å². The molecule has 0 spiro atoms. The summed E-state index contributed by atoms with van der Waals surface area (Å²) in [6, 6.07) is 24.1. The highest BCUT2D eigenvalue weighted by atomic mass is 32.2. The Morgan fingerprint density at radius 2 is 1.38 bits per heavy atom. The second-order valence-corrected chi connectivity index (χ2v) is 10.8. The van der Waals surface area contributed by atoms with Crippen LogP contribution in [0.1, 0.15) is 27.0 Å². The molecular formula is C30H25N3O5S. The monoisotopic (exact) mass is 539 g/mol. The molecule has 39 heavy (non-hydrogen) atoms. The number of sulfonamides is 1. The Morgan fingerprint density at radius 3 is 2.05 bits per heavy atom. The van der Waals surface area contributed by atoms with Crippen molar-refractivity contribution in [2.45, 2.75) is 18.7 Å². The van der Waals surface area contributed by atoms with Gasteiger partial charge in [0.1, 0.15) is 5.75 Å². The summed E-state index contributed by atoms with van der Waals surface area (Å²) >= 11 is 0. The van der Waals surface area contributed by atoms with Crippen LogP contribution in [0.3, 0.4) is 0 Å². The molecule has 0 aromatic heterocycles. The minimum absolute atomic E-state index is 0.0306. The van der Waals surface area contributed by atoms with Gasteiger partial charge in [-0.25, -0.2) is 13.3 Å². The van der Waals surface area contributed by atoms with Gasteiger partial charge in [-0.3, -0.25) is 14.3 Å². The zero-order chi connectivity index (χ0) is 27.7. The number of carbonyl (C=O) groups is 2. The van der Waals surface area contributed by atoms with Gasteiger partial charge in [-0.2, -0.15) is 0 Å². The van der Waals surface area contributed by atoms with Gasteiger partial charge in [0.15, 0.2) is 0 Å². The quantitative estimate of drug-likeness (QED) is 0.171. The number of amides is 2. The third-order valence-electron chi connectivity index (χ3n) is 6.50. The van der Waals surface area contributed by atoms with E-state index in [0.717, 1.165) is 11.1 Å². The summed E-state index contributed by atoms with van der Waals surface area (Å²) in [6.45, 7) is 3.89. The Labute approximate surface area is 226 Å². The summed E-state index contributed by atoms with van der Waals surface area (Å²) in [5.74, 6) is -0.832. The average molecular weight is 540 g/mol. The van der Waals surface area contributed by atoms with E-state index in [9.17, 15) is 23.1 Å². The molecule has 0 saturated carbocycles. The minimum atomic E-state index is -3.85. The summed E-state index contributed by atoms with van der Waals surface area (Å²) in [6.07, 6.45) is 1.53. The van der Waals surface area contributed by atoms with Gasteiger partial charge < -0.3 is 10.4 Å². The fourth-order valence-corrected chi connectivity index (χ4v) is 5.28. The van der Waals surface area contributed by atoms with Gasteiger partial charge in [-0.05, 0) is 91.7 Å². The minimum Gasteiger partial charge on any atom is -0.508 e. The largest absolute Gasteiger partial charge is 0.508 e. The number of nitrogens with one attached hydrogen (secondary N) is 2. The number of rotatable bonds is 6. The SMILES string of the molecule is Cc1ccc(N2C(=O)C(=CNc3ccc(S(=O)(=O)Nc4ccc(O)cc4)cc3)c3ccccc3C2=O)cc1C. The topological polar surface area (TPSA) is 116 Å². The molecule has 0 bridgehead atoms. The fraction of sp³-hybridized carbons (Fsp3) is 0.0667. The van der Waals surface area contributed by atoms with Crippen LogP contribution < -0.4 is 14.9 Å². The van der Waals surface area contributed by atoms with Crippen molar-refractivity contribution in [2.24, 2.45) is 0 Å². The summed E-state index contributed by atoms with van der Waals surface area (Å²) < 4.78 is 27.9. The molecule has 0 unspecified atom stereocenters. The molecule has 1 aliphatic rings. The lowest BCUT2D eigenvalue weighted by Crippen LogP contribution is -2.42. The lowest BCUT2D eigenvalue weighted by atomic mass is 9.93. The van der Waals surface area contributed by atoms with Crippen molar-refractivity contribution in [3.63, 3.8) is 0 Å². The third-order valence-corrected chi connectivity index (χ3v) is 7.90. The van der Waals surface area contributed by atoms with Crippen LogP contribution in [-0.2, 0) is 14.8 Å². The van der Waals surface area contributed by atoms with Crippen LogP contribution >= 0.6 is 0 Å². The van der Waals surface area contributed by atoms with Gasteiger partial charge >= 0.3 is 0 Å². The van der Waals surface area contributed by atoms with E-state index in [1.54, 1.807) is 42.5 Å². The Hall–Kier alpha value is -4.89. The van der Waals surface area contributed by atoms with Gasteiger partial charge in [0.25, 0.3) is 21.8 Å². The molecule has 0 radical (unpaired) electrons. The van der Waals surface area contributed by atoms with Crippen molar-refractivity contribution in [2.75, 3.05) is 14.9 Å². The number of carbonyl (C=O) groups excluding carboxylic acids is 2. The molecule has 5 rings (SSSR count). The zero-order valence-corrected chi connectivity index (χ0v) is 22.0. The molecule has 0 aliphatic carbocycles. The molecular weight excluding hydrogens is 514 g/mol. The highest BCUT2D eigenvalue weighted by Crippen LogP contribution is 2.33. The molecule has 3 N–H and O–H groups in total. The number of phenolic OH excluding ortho intramolecular Hbond substituents is 1. The molecule has 0 atom stereocenters. The van der Waals surface area contributed by atoms with Crippen LogP contribution in [0, 0.1) is 13.8 Å². The number of fused-ring (bicyclic) bond motifs is 1. The first-order valence-corrected chi connectivity index (χ1v) is 13.6. The van der Waals surface area contributed by atoms with Crippen molar-refractivity contribution >= 4 is 44.5 Å². The average Bonchev–Trinajstić information content (AvgIpc) is 2.92. The summed E-state index contributed by atoms with van der Waals surface area (Å²) in [7, 11) is -3.85. The molecule has 4 aromatic carbocycles. The van der Waals surface area contributed by atoms with E-state index in [1.165, 1.54) is 47.5 Å². The Bertz CT molecular complexity index is 1730. The van der Waals surface area contributed by atoms with E-state index in [-0.39, 0.29) is 10.6 Å². The number of aromatic hydroxyl groups is 1. The van der Waals surface area contributed by atoms with Crippen molar-refractivity contribution in [1.29, 1.82) is 0 Å². The van der Waals surface area contributed by atoms with E-state index >= 15 is 0 Å². The normalized spacial score (nSPS) is 14.3. The van der Waals surface area contributed by atoms with E-state index in [1.807, 2.05) is 26.0 Å². The van der Waals surface area contributed by atoms with E-state index in [0.29, 0.717) is 33.8 Å². The van der Waals surface area contributed by atoms with Crippen LogP contribution in [-0.4, -0.2) is 25.3 Å². The summed E-state index contributed by atoms with van der Waals surface area (Å²) in [4.78, 5) is 28.1. The van der Waals surface area contributed by atoms with Crippen LogP contribution in [0.5, 0.6) is 5.75 Å². The summed E-state index contributed by atoms with van der Waals surface area (Å²) in [5.41, 5.74) is 4.59. The van der Waals surface area contributed by atoms with Gasteiger partial charge in [-0.15, -0.1) is 0 Å². The number of benzene rings is 4. The van der Waals surface area contributed by atoms with E-state index < -0.39 is 21.8 Å². The van der Waals surface area contributed by atoms with Crippen LogP contribution in [0.15, 0.2) is 102 Å². The molecule has 0 saturated heterocycles. The smallest absolute Gasteiger partial charge is 0.267 e. The van der Waals surface area contributed by atoms with Crippen LogP contribution in [0.2, 0.25) is 0 Å². The number of phenols is 1. The summed E-state index contributed by atoms with van der Waals surface area (Å²) in [5, 5.41) is 12.5. The van der Waals surface area contributed by atoms with Crippen molar-refractivity contribution in [1.82, 2.24) is 0 Å². The third kappa shape index (κ3) is 5.12. The van der Waals surface area contributed by atoms with Crippen LogP contribution in [0.25, 0.3) is 5.57 Å².